The third-order valence-electron chi connectivity index (χ3n) is 7.14. The quantitative estimate of drug-likeness (QED) is 0.516. The van der Waals surface area contributed by atoms with Gasteiger partial charge in [0.15, 0.2) is 0 Å². The number of likely N-dealkylation sites (N-methyl/N-ethyl adjacent to an activating group) is 1. The summed E-state index contributed by atoms with van der Waals surface area (Å²) in [6.45, 7) is 11.5. The van der Waals surface area contributed by atoms with Crippen LogP contribution in [0.4, 0.5) is 0 Å². The molecule has 2 aromatic carbocycles. The van der Waals surface area contributed by atoms with Crippen LogP contribution >= 0.6 is 0 Å². The van der Waals surface area contributed by atoms with Crippen molar-refractivity contribution in [3.8, 4) is 5.75 Å². The molecule has 0 atom stereocenters. The predicted octanol–water partition coefficient (Wildman–Crippen LogP) is 6.21. The largest absolute Gasteiger partial charge is 0.490 e. The zero-order valence-electron chi connectivity index (χ0n) is 20.3. The fourth-order valence-corrected chi connectivity index (χ4v) is 4.56. The lowest BCUT2D eigenvalue weighted by Gasteiger charge is -2.37. The smallest absolute Gasteiger partial charge is 0.325 e. The summed E-state index contributed by atoms with van der Waals surface area (Å²) in [5.41, 5.74) is 0.889. The van der Waals surface area contributed by atoms with Crippen LogP contribution < -0.4 is 4.74 Å². The molecule has 31 heavy (non-hydrogen) atoms. The fraction of sp³-hybridized carbons (Fsp3) is 0.593. The summed E-state index contributed by atoms with van der Waals surface area (Å²) in [5.74, 6) is 1.53. The van der Waals surface area contributed by atoms with E-state index in [1.807, 2.05) is 25.8 Å². The van der Waals surface area contributed by atoms with Crippen molar-refractivity contribution in [1.29, 1.82) is 0 Å². The second-order valence-corrected chi connectivity index (χ2v) is 10.7. The second-order valence-electron chi connectivity index (χ2n) is 10.7. The standard InChI is InChI=1S/C27H39NO3/c1-26(2,3)22-11-14-23(15-12-22)31-24-13-10-20-16-19(8-9-21(20)17-24)18-28(6)27(4,5)25(29)30-7/h8-10,13,16-17,22-23H,11-12,14-15,18H2,1-7H3. The molecule has 1 saturated carbocycles. The van der Waals surface area contributed by atoms with Gasteiger partial charge in [-0.05, 0) is 92.4 Å². The Balaban J connectivity index is 1.65. The van der Waals surface area contributed by atoms with Crippen LogP contribution in [-0.2, 0) is 16.1 Å². The number of carbonyl (C=O) groups excluding carboxylic acids is 1. The highest BCUT2D eigenvalue weighted by Gasteiger charge is 2.33. The van der Waals surface area contributed by atoms with E-state index in [-0.39, 0.29) is 5.97 Å². The molecule has 0 bridgehead atoms. The lowest BCUT2D eigenvalue weighted by atomic mass is 9.72. The molecular weight excluding hydrogens is 386 g/mol. The van der Waals surface area contributed by atoms with Crippen LogP contribution in [-0.4, -0.2) is 36.7 Å². The summed E-state index contributed by atoms with van der Waals surface area (Å²) in [7, 11) is 3.39. The van der Waals surface area contributed by atoms with E-state index in [4.69, 9.17) is 9.47 Å². The van der Waals surface area contributed by atoms with Gasteiger partial charge in [0.25, 0.3) is 0 Å². The Labute approximate surface area is 187 Å². The number of benzene rings is 2. The molecule has 0 unspecified atom stereocenters. The minimum atomic E-state index is -0.673. The second kappa shape index (κ2) is 9.20. The minimum absolute atomic E-state index is 0.228. The summed E-state index contributed by atoms with van der Waals surface area (Å²) in [6, 6.07) is 12.8. The average molecular weight is 426 g/mol. The number of carbonyl (C=O) groups is 1. The monoisotopic (exact) mass is 425 g/mol. The van der Waals surface area contributed by atoms with Crippen molar-refractivity contribution >= 4 is 16.7 Å². The Morgan fingerprint density at radius 1 is 0.968 bits per heavy atom. The summed E-state index contributed by atoms with van der Waals surface area (Å²) < 4.78 is 11.3. The Bertz CT molecular complexity index is 904. The summed E-state index contributed by atoms with van der Waals surface area (Å²) in [4.78, 5) is 14.1. The Hall–Kier alpha value is -2.07. The maximum absolute atomic E-state index is 12.1. The molecule has 4 heteroatoms. The third kappa shape index (κ3) is 5.60. The van der Waals surface area contributed by atoms with E-state index in [0.29, 0.717) is 18.1 Å². The summed E-state index contributed by atoms with van der Waals surface area (Å²) >= 11 is 0. The molecular formula is C27H39NO3. The average Bonchev–Trinajstić information content (AvgIpc) is 2.72. The first kappa shape index (κ1) is 23.6. The third-order valence-corrected chi connectivity index (χ3v) is 7.14. The Morgan fingerprint density at radius 2 is 1.58 bits per heavy atom. The van der Waals surface area contributed by atoms with E-state index in [0.717, 1.165) is 24.5 Å². The van der Waals surface area contributed by atoms with Gasteiger partial charge < -0.3 is 9.47 Å². The summed E-state index contributed by atoms with van der Waals surface area (Å²) in [5, 5.41) is 2.37. The first-order chi connectivity index (χ1) is 14.5. The molecule has 0 saturated heterocycles. The zero-order chi connectivity index (χ0) is 22.8. The van der Waals surface area contributed by atoms with Crippen molar-refractivity contribution in [1.82, 2.24) is 4.90 Å². The minimum Gasteiger partial charge on any atom is -0.490 e. The van der Waals surface area contributed by atoms with Gasteiger partial charge in [-0.1, -0.05) is 39.0 Å². The highest BCUT2D eigenvalue weighted by molar-refractivity contribution is 5.84. The first-order valence-electron chi connectivity index (χ1n) is 11.5. The van der Waals surface area contributed by atoms with Crippen LogP contribution in [0.2, 0.25) is 0 Å². The van der Waals surface area contributed by atoms with Gasteiger partial charge in [-0.2, -0.15) is 0 Å². The maximum atomic E-state index is 12.1. The molecule has 0 aromatic heterocycles. The van der Waals surface area contributed by atoms with Gasteiger partial charge in [0, 0.05) is 6.54 Å². The first-order valence-corrected chi connectivity index (χ1v) is 11.5. The van der Waals surface area contributed by atoms with Crippen molar-refractivity contribution in [2.75, 3.05) is 14.2 Å². The normalized spacial score (nSPS) is 20.1. The lowest BCUT2D eigenvalue weighted by Crippen LogP contribution is -2.48. The molecule has 1 aliphatic carbocycles. The molecule has 0 aliphatic heterocycles. The molecule has 1 fully saturated rings. The number of hydrogen-bond donors (Lipinski definition) is 0. The zero-order valence-corrected chi connectivity index (χ0v) is 20.3. The number of rotatable bonds is 6. The van der Waals surface area contributed by atoms with E-state index in [1.165, 1.54) is 36.3 Å². The van der Waals surface area contributed by atoms with Gasteiger partial charge in [0.05, 0.1) is 13.2 Å². The number of hydrogen-bond acceptors (Lipinski definition) is 4. The van der Waals surface area contributed by atoms with Crippen molar-refractivity contribution in [3.05, 3.63) is 42.0 Å². The molecule has 4 nitrogen and oxygen atoms in total. The van der Waals surface area contributed by atoms with Crippen LogP contribution in [0.25, 0.3) is 10.8 Å². The molecule has 0 spiro atoms. The van der Waals surface area contributed by atoms with Gasteiger partial charge in [-0.25, -0.2) is 0 Å². The highest BCUT2D eigenvalue weighted by atomic mass is 16.5. The van der Waals surface area contributed by atoms with Gasteiger partial charge in [-0.3, -0.25) is 9.69 Å². The molecule has 3 rings (SSSR count). The maximum Gasteiger partial charge on any atom is 0.325 e. The predicted molar refractivity (Wildman–Crippen MR) is 127 cm³/mol. The highest BCUT2D eigenvalue weighted by Crippen LogP contribution is 2.39. The van der Waals surface area contributed by atoms with Crippen molar-refractivity contribution in [3.63, 3.8) is 0 Å². The summed E-state index contributed by atoms with van der Waals surface area (Å²) in [6.07, 6.45) is 5.10. The van der Waals surface area contributed by atoms with E-state index < -0.39 is 5.54 Å². The van der Waals surface area contributed by atoms with Gasteiger partial charge in [0.2, 0.25) is 0 Å². The lowest BCUT2D eigenvalue weighted by molar-refractivity contribution is -0.152. The molecule has 2 aromatic rings. The van der Waals surface area contributed by atoms with Gasteiger partial charge in [0.1, 0.15) is 11.3 Å². The topological polar surface area (TPSA) is 38.8 Å². The number of ether oxygens (including phenoxy) is 2. The fourth-order valence-electron chi connectivity index (χ4n) is 4.56. The van der Waals surface area contributed by atoms with Crippen LogP contribution in [0.5, 0.6) is 5.75 Å². The van der Waals surface area contributed by atoms with Crippen molar-refractivity contribution in [2.45, 2.75) is 78.5 Å². The Kier molecular flexibility index (Phi) is 7.00. The Morgan fingerprint density at radius 3 is 2.19 bits per heavy atom. The van der Waals surface area contributed by atoms with Crippen LogP contribution in [0, 0.1) is 11.3 Å². The molecule has 1 aliphatic rings. The van der Waals surface area contributed by atoms with Crippen LogP contribution in [0.1, 0.15) is 65.9 Å². The number of fused-ring (bicyclic) bond motifs is 1. The van der Waals surface area contributed by atoms with E-state index in [2.05, 4.69) is 57.2 Å². The van der Waals surface area contributed by atoms with Gasteiger partial charge >= 0.3 is 5.97 Å². The molecule has 0 amide bonds. The van der Waals surface area contributed by atoms with E-state index >= 15 is 0 Å². The van der Waals surface area contributed by atoms with Gasteiger partial charge in [-0.15, -0.1) is 0 Å². The van der Waals surface area contributed by atoms with E-state index in [9.17, 15) is 4.79 Å². The van der Waals surface area contributed by atoms with Crippen molar-refractivity contribution < 1.29 is 14.3 Å². The molecule has 0 N–H and O–H groups in total. The van der Waals surface area contributed by atoms with Crippen LogP contribution in [0.3, 0.4) is 0 Å². The molecule has 170 valence electrons. The molecule has 0 heterocycles. The SMILES string of the molecule is COC(=O)C(C)(C)N(C)Cc1ccc2cc(OC3CCC(C(C)(C)C)CC3)ccc2c1. The number of esters is 1. The number of methoxy groups -OCH3 is 1. The molecule has 0 radical (unpaired) electrons. The number of nitrogens with zero attached hydrogens (tertiary/aromatic N) is 1. The van der Waals surface area contributed by atoms with Crippen molar-refractivity contribution in [2.24, 2.45) is 11.3 Å². The van der Waals surface area contributed by atoms with Crippen LogP contribution in [0.15, 0.2) is 36.4 Å². The van der Waals surface area contributed by atoms with E-state index in [1.54, 1.807) is 0 Å².